The van der Waals surface area contributed by atoms with E-state index in [1.54, 1.807) is 29.6 Å². The van der Waals surface area contributed by atoms with Crippen LogP contribution in [0.25, 0.3) is 0 Å². The molecule has 0 unspecified atom stereocenters. The van der Waals surface area contributed by atoms with Gasteiger partial charge in [-0.3, -0.25) is 14.3 Å². The molecule has 2 aromatic heterocycles. The van der Waals surface area contributed by atoms with Gasteiger partial charge in [0.1, 0.15) is 0 Å². The number of pyridine rings is 1. The number of carbonyl (C=O) groups is 2. The highest BCUT2D eigenvalue weighted by Gasteiger charge is 2.45. The molecule has 0 aromatic carbocycles. The Morgan fingerprint density at radius 3 is 2.50 bits per heavy atom. The SMILES string of the molecule is CCn1ccc(C(=O)N2CCC(C(=O)O)(n3cc(C)cn3)CC2)cc1=O. The lowest BCUT2D eigenvalue weighted by Crippen LogP contribution is -2.52. The van der Waals surface area contributed by atoms with Crippen LogP contribution in [0.2, 0.25) is 0 Å². The summed E-state index contributed by atoms with van der Waals surface area (Å²) < 4.78 is 3.01. The van der Waals surface area contributed by atoms with E-state index < -0.39 is 11.5 Å². The van der Waals surface area contributed by atoms with Crippen LogP contribution in [0.15, 0.2) is 35.5 Å². The molecule has 1 aliphatic rings. The fourth-order valence-corrected chi connectivity index (χ4v) is 3.35. The van der Waals surface area contributed by atoms with Gasteiger partial charge in [-0.2, -0.15) is 5.10 Å². The second-order valence-corrected chi connectivity index (χ2v) is 6.63. The molecule has 1 N–H and O–H groups in total. The third-order valence-corrected chi connectivity index (χ3v) is 5.01. The lowest BCUT2D eigenvalue weighted by atomic mass is 9.87. The van der Waals surface area contributed by atoms with Gasteiger partial charge in [-0.1, -0.05) is 0 Å². The van der Waals surface area contributed by atoms with E-state index in [1.165, 1.54) is 15.3 Å². The zero-order valence-electron chi connectivity index (χ0n) is 14.9. The van der Waals surface area contributed by atoms with Gasteiger partial charge in [0.2, 0.25) is 0 Å². The lowest BCUT2D eigenvalue weighted by Gasteiger charge is -2.39. The first kappa shape index (κ1) is 17.9. The molecule has 1 saturated heterocycles. The summed E-state index contributed by atoms with van der Waals surface area (Å²) in [4.78, 5) is 38.2. The molecule has 8 nitrogen and oxygen atoms in total. The van der Waals surface area contributed by atoms with Gasteiger partial charge in [0.15, 0.2) is 5.54 Å². The normalized spacial score (nSPS) is 16.5. The minimum absolute atomic E-state index is 0.220. The average molecular weight is 358 g/mol. The Labute approximate surface area is 150 Å². The van der Waals surface area contributed by atoms with Gasteiger partial charge in [-0.05, 0) is 25.5 Å². The Hall–Kier alpha value is -2.90. The molecule has 2 aromatic rings. The van der Waals surface area contributed by atoms with Crippen molar-refractivity contribution in [2.24, 2.45) is 0 Å². The third-order valence-electron chi connectivity index (χ3n) is 5.01. The molecule has 0 aliphatic carbocycles. The molecule has 3 heterocycles. The number of piperidine rings is 1. The number of amides is 1. The maximum absolute atomic E-state index is 12.7. The van der Waals surface area contributed by atoms with E-state index in [0.717, 1.165) is 5.56 Å². The maximum atomic E-state index is 12.7. The van der Waals surface area contributed by atoms with Crippen LogP contribution in [0.1, 0.15) is 35.7 Å². The van der Waals surface area contributed by atoms with E-state index >= 15 is 0 Å². The van der Waals surface area contributed by atoms with Crippen molar-refractivity contribution in [3.8, 4) is 0 Å². The molecular weight excluding hydrogens is 336 g/mol. The monoisotopic (exact) mass is 358 g/mol. The van der Waals surface area contributed by atoms with E-state index in [4.69, 9.17) is 0 Å². The number of rotatable bonds is 4. The van der Waals surface area contributed by atoms with Crippen molar-refractivity contribution in [1.82, 2.24) is 19.2 Å². The fourth-order valence-electron chi connectivity index (χ4n) is 3.35. The number of carboxylic acids is 1. The maximum Gasteiger partial charge on any atom is 0.331 e. The van der Waals surface area contributed by atoms with Crippen LogP contribution in [0.4, 0.5) is 0 Å². The van der Waals surface area contributed by atoms with Crippen LogP contribution >= 0.6 is 0 Å². The van der Waals surface area contributed by atoms with E-state index in [9.17, 15) is 19.5 Å². The topological polar surface area (TPSA) is 97.4 Å². The Kier molecular flexibility index (Phi) is 4.67. The highest BCUT2D eigenvalue weighted by Crippen LogP contribution is 2.31. The molecule has 138 valence electrons. The molecule has 1 amide bonds. The van der Waals surface area contributed by atoms with Gasteiger partial charge >= 0.3 is 5.97 Å². The lowest BCUT2D eigenvalue weighted by molar-refractivity contribution is -0.150. The van der Waals surface area contributed by atoms with Crippen LogP contribution in [-0.4, -0.2) is 49.3 Å². The molecule has 0 radical (unpaired) electrons. The molecule has 1 fully saturated rings. The summed E-state index contributed by atoms with van der Waals surface area (Å²) in [5, 5.41) is 14.0. The van der Waals surface area contributed by atoms with Crippen molar-refractivity contribution < 1.29 is 14.7 Å². The van der Waals surface area contributed by atoms with E-state index in [1.807, 2.05) is 13.8 Å². The minimum Gasteiger partial charge on any atom is -0.479 e. The predicted octanol–water partition coefficient (Wildman–Crippen LogP) is 1.09. The molecular formula is C18H22N4O4. The highest BCUT2D eigenvalue weighted by molar-refractivity contribution is 5.94. The van der Waals surface area contributed by atoms with Crippen LogP contribution in [0.5, 0.6) is 0 Å². The molecule has 26 heavy (non-hydrogen) atoms. The van der Waals surface area contributed by atoms with Crippen molar-refractivity contribution >= 4 is 11.9 Å². The van der Waals surface area contributed by atoms with Crippen LogP contribution in [0, 0.1) is 6.92 Å². The van der Waals surface area contributed by atoms with E-state index in [2.05, 4.69) is 5.10 Å². The van der Waals surface area contributed by atoms with Crippen molar-refractivity contribution in [2.75, 3.05) is 13.1 Å². The number of aromatic nitrogens is 3. The number of likely N-dealkylation sites (tertiary alicyclic amines) is 1. The second-order valence-electron chi connectivity index (χ2n) is 6.63. The quantitative estimate of drug-likeness (QED) is 0.882. The Balaban J connectivity index is 1.78. The summed E-state index contributed by atoms with van der Waals surface area (Å²) >= 11 is 0. The van der Waals surface area contributed by atoms with Crippen molar-refractivity contribution in [3.63, 3.8) is 0 Å². The van der Waals surface area contributed by atoms with Gasteiger partial charge in [0, 0.05) is 56.5 Å². The first-order valence-corrected chi connectivity index (χ1v) is 8.62. The second kappa shape index (κ2) is 6.78. The predicted molar refractivity (Wildman–Crippen MR) is 94.1 cm³/mol. The molecule has 0 saturated carbocycles. The van der Waals surface area contributed by atoms with Gasteiger partial charge in [-0.15, -0.1) is 0 Å². The first-order chi connectivity index (χ1) is 12.4. The highest BCUT2D eigenvalue weighted by atomic mass is 16.4. The number of hydrogen-bond donors (Lipinski definition) is 1. The number of hydrogen-bond acceptors (Lipinski definition) is 4. The van der Waals surface area contributed by atoms with Crippen LogP contribution in [-0.2, 0) is 16.9 Å². The van der Waals surface area contributed by atoms with Gasteiger partial charge in [0.25, 0.3) is 11.5 Å². The smallest absolute Gasteiger partial charge is 0.331 e. The average Bonchev–Trinajstić information content (AvgIpc) is 3.07. The van der Waals surface area contributed by atoms with E-state index in [0.29, 0.717) is 25.2 Å². The Morgan fingerprint density at radius 2 is 2.00 bits per heavy atom. The number of nitrogens with zero attached hydrogens (tertiary/aromatic N) is 4. The Morgan fingerprint density at radius 1 is 1.31 bits per heavy atom. The van der Waals surface area contributed by atoms with E-state index in [-0.39, 0.29) is 24.3 Å². The summed E-state index contributed by atoms with van der Waals surface area (Å²) in [5.41, 5.74) is -0.142. The zero-order valence-corrected chi connectivity index (χ0v) is 14.9. The third kappa shape index (κ3) is 3.02. The standard InChI is InChI=1S/C18H22N4O4/c1-3-20-7-4-14(10-15(20)23)16(24)21-8-5-18(6-9-21,17(25)26)22-12-13(2)11-19-22/h4,7,10-12H,3,5-6,8-9H2,1-2H3,(H,25,26). The van der Waals surface area contributed by atoms with Gasteiger partial charge < -0.3 is 14.6 Å². The zero-order chi connectivity index (χ0) is 18.9. The molecule has 8 heteroatoms. The molecule has 0 spiro atoms. The summed E-state index contributed by atoms with van der Waals surface area (Å²) in [5.74, 6) is -1.20. The van der Waals surface area contributed by atoms with Crippen molar-refractivity contribution in [1.29, 1.82) is 0 Å². The molecule has 1 aliphatic heterocycles. The largest absolute Gasteiger partial charge is 0.479 e. The number of carbonyl (C=O) groups excluding carboxylic acids is 1. The van der Waals surface area contributed by atoms with Gasteiger partial charge in [0.05, 0.1) is 6.20 Å². The van der Waals surface area contributed by atoms with Crippen LogP contribution in [0.3, 0.4) is 0 Å². The summed E-state index contributed by atoms with van der Waals surface area (Å²) in [6, 6.07) is 2.96. The fraction of sp³-hybridized carbons (Fsp3) is 0.444. The summed E-state index contributed by atoms with van der Waals surface area (Å²) in [7, 11) is 0. The van der Waals surface area contributed by atoms with Crippen LogP contribution < -0.4 is 5.56 Å². The number of aliphatic carboxylic acids is 1. The molecule has 0 bridgehead atoms. The first-order valence-electron chi connectivity index (χ1n) is 8.62. The molecule has 0 atom stereocenters. The van der Waals surface area contributed by atoms with Crippen molar-refractivity contribution in [3.05, 3.63) is 52.2 Å². The van der Waals surface area contributed by atoms with Crippen molar-refractivity contribution in [2.45, 2.75) is 38.8 Å². The number of aryl methyl sites for hydroxylation is 2. The summed E-state index contributed by atoms with van der Waals surface area (Å²) in [6.45, 7) is 4.84. The Bertz CT molecular complexity index is 891. The minimum atomic E-state index is -1.14. The number of carboxylic acid groups (broad SMARTS) is 1. The van der Waals surface area contributed by atoms with Gasteiger partial charge in [-0.25, -0.2) is 4.79 Å². The summed E-state index contributed by atoms with van der Waals surface area (Å²) in [6.07, 6.45) is 5.48. The molecule has 3 rings (SSSR count).